The van der Waals surface area contributed by atoms with Crippen molar-refractivity contribution in [2.24, 2.45) is 10.8 Å². The molecule has 1 N–H and O–H groups in total. The Bertz CT molecular complexity index is 454. The van der Waals surface area contributed by atoms with Crippen LogP contribution >= 0.6 is 0 Å². The van der Waals surface area contributed by atoms with Crippen LogP contribution in [0.5, 0.6) is 0 Å². The van der Waals surface area contributed by atoms with Crippen molar-refractivity contribution in [3.63, 3.8) is 0 Å². The van der Waals surface area contributed by atoms with Crippen molar-refractivity contribution in [2.45, 2.75) is 51.4 Å². The molecule has 2 aliphatic carbocycles. The Morgan fingerprint density at radius 1 is 1.00 bits per heavy atom. The number of carboxylic acid groups (broad SMARTS) is 1. The van der Waals surface area contributed by atoms with Gasteiger partial charge >= 0.3 is 5.97 Å². The van der Waals surface area contributed by atoms with Crippen LogP contribution in [0.1, 0.15) is 50.5 Å². The highest BCUT2D eigenvalue weighted by atomic mass is 16.4. The zero-order valence-electron chi connectivity index (χ0n) is 11.4. The third kappa shape index (κ3) is 1.89. The zero-order valence-corrected chi connectivity index (χ0v) is 11.4. The number of hydrogen-bond acceptors (Lipinski definition) is 1. The standard InChI is InChI=1S/C17H22O2/c18-15(19)17(13-14-7-2-1-3-8-14)12-6-11-16(17)9-4-5-10-16/h1-3,7-8H,4-6,9-13H2,(H,18,19)/t17-/m1/s1. The topological polar surface area (TPSA) is 37.3 Å². The Kier molecular flexibility index (Phi) is 3.12. The molecule has 0 aromatic heterocycles. The van der Waals surface area contributed by atoms with E-state index in [-0.39, 0.29) is 5.41 Å². The molecule has 0 amide bonds. The molecule has 102 valence electrons. The predicted molar refractivity (Wildman–Crippen MR) is 75.0 cm³/mol. The van der Waals surface area contributed by atoms with Gasteiger partial charge < -0.3 is 5.11 Å². The lowest BCUT2D eigenvalue weighted by Gasteiger charge is -2.41. The Morgan fingerprint density at radius 3 is 2.26 bits per heavy atom. The lowest BCUT2D eigenvalue weighted by molar-refractivity contribution is -0.156. The smallest absolute Gasteiger partial charge is 0.310 e. The zero-order chi connectivity index (χ0) is 13.3. The summed E-state index contributed by atoms with van der Waals surface area (Å²) in [5.74, 6) is -0.559. The second kappa shape index (κ2) is 4.66. The van der Waals surface area contributed by atoms with Gasteiger partial charge in [-0.25, -0.2) is 0 Å². The van der Waals surface area contributed by atoms with E-state index in [1.807, 2.05) is 18.2 Å². The molecule has 1 aromatic rings. The molecule has 0 unspecified atom stereocenters. The molecule has 0 aliphatic heterocycles. The molecule has 1 atom stereocenters. The lowest BCUT2D eigenvalue weighted by Crippen LogP contribution is -2.44. The van der Waals surface area contributed by atoms with Crippen molar-refractivity contribution in [3.05, 3.63) is 35.9 Å². The molecule has 2 fully saturated rings. The highest BCUT2D eigenvalue weighted by molar-refractivity contribution is 5.77. The minimum absolute atomic E-state index is 0.0781. The number of carbonyl (C=O) groups is 1. The van der Waals surface area contributed by atoms with Gasteiger partial charge in [-0.15, -0.1) is 0 Å². The van der Waals surface area contributed by atoms with Crippen LogP contribution in [0.4, 0.5) is 0 Å². The Labute approximate surface area is 114 Å². The van der Waals surface area contributed by atoms with Crippen molar-refractivity contribution in [1.82, 2.24) is 0 Å². The molecule has 19 heavy (non-hydrogen) atoms. The van der Waals surface area contributed by atoms with Crippen LogP contribution in [-0.4, -0.2) is 11.1 Å². The molecule has 2 nitrogen and oxygen atoms in total. The van der Waals surface area contributed by atoms with Gasteiger partial charge in [0.2, 0.25) is 0 Å². The first-order valence-electron chi connectivity index (χ1n) is 7.46. The third-order valence-electron chi connectivity index (χ3n) is 5.59. The van der Waals surface area contributed by atoms with Gasteiger partial charge in [0.05, 0.1) is 5.41 Å². The molecule has 3 rings (SSSR count). The number of rotatable bonds is 3. The van der Waals surface area contributed by atoms with E-state index in [9.17, 15) is 9.90 Å². The van der Waals surface area contributed by atoms with E-state index in [4.69, 9.17) is 0 Å². The Balaban J connectivity index is 1.97. The fraction of sp³-hybridized carbons (Fsp3) is 0.588. The second-order valence-electron chi connectivity index (χ2n) is 6.39. The van der Waals surface area contributed by atoms with E-state index in [2.05, 4.69) is 12.1 Å². The van der Waals surface area contributed by atoms with Crippen molar-refractivity contribution < 1.29 is 9.90 Å². The lowest BCUT2D eigenvalue weighted by atomic mass is 9.61. The van der Waals surface area contributed by atoms with Crippen molar-refractivity contribution in [1.29, 1.82) is 0 Å². The van der Waals surface area contributed by atoms with E-state index in [0.29, 0.717) is 6.42 Å². The highest BCUT2D eigenvalue weighted by Crippen LogP contribution is 2.62. The van der Waals surface area contributed by atoms with Crippen LogP contribution < -0.4 is 0 Å². The summed E-state index contributed by atoms with van der Waals surface area (Å²) in [6.45, 7) is 0. The molecule has 2 heteroatoms. The molecule has 2 saturated carbocycles. The minimum atomic E-state index is -0.559. The molecule has 0 bridgehead atoms. The van der Waals surface area contributed by atoms with Gasteiger partial charge in [0.25, 0.3) is 0 Å². The SMILES string of the molecule is O=C(O)[C@]1(Cc2ccccc2)CCCC12CCCC2. The summed E-state index contributed by atoms with van der Waals surface area (Å²) in [7, 11) is 0. The number of hydrogen-bond donors (Lipinski definition) is 1. The maximum absolute atomic E-state index is 12.1. The first-order valence-corrected chi connectivity index (χ1v) is 7.46. The predicted octanol–water partition coefficient (Wildman–Crippen LogP) is 4.04. The van der Waals surface area contributed by atoms with Gasteiger partial charge in [-0.05, 0) is 43.1 Å². The summed E-state index contributed by atoms with van der Waals surface area (Å²) in [6.07, 6.45) is 8.43. The van der Waals surface area contributed by atoms with Crippen LogP contribution in [0.3, 0.4) is 0 Å². The average molecular weight is 258 g/mol. The Morgan fingerprint density at radius 2 is 1.63 bits per heavy atom. The second-order valence-corrected chi connectivity index (χ2v) is 6.39. The van der Waals surface area contributed by atoms with E-state index >= 15 is 0 Å². The largest absolute Gasteiger partial charge is 0.481 e. The minimum Gasteiger partial charge on any atom is -0.481 e. The van der Waals surface area contributed by atoms with Gasteiger partial charge in [0.1, 0.15) is 0 Å². The van der Waals surface area contributed by atoms with E-state index in [0.717, 1.165) is 32.1 Å². The molecule has 1 aromatic carbocycles. The summed E-state index contributed by atoms with van der Waals surface area (Å²) in [5.41, 5.74) is 0.748. The van der Waals surface area contributed by atoms with Crippen LogP contribution in [0.2, 0.25) is 0 Å². The van der Waals surface area contributed by atoms with Crippen LogP contribution in [0.15, 0.2) is 30.3 Å². The molecule has 0 heterocycles. The van der Waals surface area contributed by atoms with Crippen LogP contribution in [-0.2, 0) is 11.2 Å². The quantitative estimate of drug-likeness (QED) is 0.888. The average Bonchev–Trinajstić information content (AvgIpc) is 3.01. The van der Waals surface area contributed by atoms with Gasteiger partial charge in [-0.1, -0.05) is 49.6 Å². The maximum Gasteiger partial charge on any atom is 0.310 e. The number of benzene rings is 1. The summed E-state index contributed by atoms with van der Waals surface area (Å²) in [6, 6.07) is 10.2. The maximum atomic E-state index is 12.1. The molecule has 0 radical (unpaired) electrons. The van der Waals surface area contributed by atoms with Gasteiger partial charge in [0, 0.05) is 0 Å². The van der Waals surface area contributed by atoms with Gasteiger partial charge in [-0.3, -0.25) is 4.79 Å². The van der Waals surface area contributed by atoms with Gasteiger partial charge in [0.15, 0.2) is 0 Å². The number of carboxylic acids is 1. The third-order valence-corrected chi connectivity index (χ3v) is 5.59. The number of aliphatic carboxylic acids is 1. The molecule has 2 aliphatic rings. The van der Waals surface area contributed by atoms with Crippen LogP contribution in [0.25, 0.3) is 0 Å². The van der Waals surface area contributed by atoms with Crippen molar-refractivity contribution in [2.75, 3.05) is 0 Å². The van der Waals surface area contributed by atoms with Crippen LogP contribution in [0, 0.1) is 10.8 Å². The summed E-state index contributed by atoms with van der Waals surface area (Å²) in [4.78, 5) is 12.1. The van der Waals surface area contributed by atoms with E-state index in [1.54, 1.807) is 0 Å². The Hall–Kier alpha value is -1.31. The molecule has 0 saturated heterocycles. The first kappa shape index (κ1) is 12.7. The van der Waals surface area contributed by atoms with Gasteiger partial charge in [-0.2, -0.15) is 0 Å². The molecule has 1 spiro atoms. The monoisotopic (exact) mass is 258 g/mol. The van der Waals surface area contributed by atoms with E-state index < -0.39 is 11.4 Å². The van der Waals surface area contributed by atoms with Crippen molar-refractivity contribution >= 4 is 5.97 Å². The molecular formula is C17H22O2. The van der Waals surface area contributed by atoms with Crippen molar-refractivity contribution in [3.8, 4) is 0 Å². The normalized spacial score (nSPS) is 28.8. The first-order chi connectivity index (χ1) is 9.19. The summed E-state index contributed by atoms with van der Waals surface area (Å²) in [5, 5.41) is 9.95. The fourth-order valence-corrected chi connectivity index (χ4v) is 4.64. The highest BCUT2D eigenvalue weighted by Gasteiger charge is 2.59. The van der Waals surface area contributed by atoms with E-state index in [1.165, 1.54) is 18.4 Å². The summed E-state index contributed by atoms with van der Waals surface area (Å²) >= 11 is 0. The summed E-state index contributed by atoms with van der Waals surface area (Å²) < 4.78 is 0. The fourth-order valence-electron chi connectivity index (χ4n) is 4.64. The molecular weight excluding hydrogens is 236 g/mol.